The van der Waals surface area contributed by atoms with Crippen molar-refractivity contribution in [2.45, 2.75) is 38.1 Å². The molecule has 33 heavy (non-hydrogen) atoms. The lowest BCUT2D eigenvalue weighted by Gasteiger charge is -2.36. The van der Waals surface area contributed by atoms with Crippen molar-refractivity contribution in [3.8, 4) is 0 Å². The second kappa shape index (κ2) is 8.81. The van der Waals surface area contributed by atoms with Crippen LogP contribution in [0.4, 0.5) is 5.69 Å². The first-order valence-electron chi connectivity index (χ1n) is 10.9. The number of carbonyl (C=O) groups is 3. The van der Waals surface area contributed by atoms with Gasteiger partial charge in [0.2, 0.25) is 15.9 Å². The standard InChI is InChI=1S/C24H27N3O5S/c1-16-4-9-22(17(2)14-16)33(31,32)26-12-10-25(11-13-26)21-15-23(29)27(24(21)30)20-7-5-19(6-8-20)18(3)28/h4-9,14,21H,10-13,15H2,1-3H3/t21-/m0/s1. The average Bonchev–Trinajstić information content (AvgIpc) is 3.07. The molecule has 4 rings (SSSR count). The Kier molecular flexibility index (Phi) is 6.22. The zero-order chi connectivity index (χ0) is 23.9. The summed E-state index contributed by atoms with van der Waals surface area (Å²) >= 11 is 0. The normalized spacial score (nSPS) is 20.5. The lowest BCUT2D eigenvalue weighted by atomic mass is 10.1. The van der Waals surface area contributed by atoms with Crippen LogP contribution in [0.2, 0.25) is 0 Å². The van der Waals surface area contributed by atoms with Crippen LogP contribution in [0.5, 0.6) is 0 Å². The van der Waals surface area contributed by atoms with Gasteiger partial charge in [-0.05, 0) is 56.7 Å². The first-order chi connectivity index (χ1) is 15.6. The van der Waals surface area contributed by atoms with Crippen LogP contribution in [-0.4, -0.2) is 67.4 Å². The number of hydrogen-bond donors (Lipinski definition) is 0. The van der Waals surface area contributed by atoms with Gasteiger partial charge < -0.3 is 0 Å². The van der Waals surface area contributed by atoms with Crippen molar-refractivity contribution >= 4 is 33.3 Å². The highest BCUT2D eigenvalue weighted by Gasteiger charge is 2.44. The maximum absolute atomic E-state index is 13.1. The van der Waals surface area contributed by atoms with E-state index in [-0.39, 0.29) is 37.1 Å². The van der Waals surface area contributed by atoms with Crippen molar-refractivity contribution in [1.29, 1.82) is 0 Å². The van der Waals surface area contributed by atoms with Crippen molar-refractivity contribution < 1.29 is 22.8 Å². The summed E-state index contributed by atoms with van der Waals surface area (Å²) in [5.41, 5.74) is 2.66. The predicted molar refractivity (Wildman–Crippen MR) is 124 cm³/mol. The third-order valence-corrected chi connectivity index (χ3v) is 8.38. The van der Waals surface area contributed by atoms with Crippen LogP contribution >= 0.6 is 0 Å². The van der Waals surface area contributed by atoms with E-state index in [1.807, 2.05) is 17.9 Å². The Hall–Kier alpha value is -2.88. The molecule has 2 aromatic rings. The second-order valence-electron chi connectivity index (χ2n) is 8.60. The Morgan fingerprint density at radius 1 is 0.939 bits per heavy atom. The van der Waals surface area contributed by atoms with Crippen molar-refractivity contribution in [3.05, 3.63) is 59.2 Å². The number of amides is 2. The zero-order valence-corrected chi connectivity index (χ0v) is 19.8. The lowest BCUT2D eigenvalue weighted by Crippen LogP contribution is -2.53. The van der Waals surface area contributed by atoms with E-state index in [0.717, 1.165) is 10.5 Å². The molecule has 2 aliphatic rings. The average molecular weight is 470 g/mol. The van der Waals surface area contributed by atoms with E-state index in [4.69, 9.17) is 0 Å². The minimum Gasteiger partial charge on any atom is -0.295 e. The number of ketones is 1. The molecular weight excluding hydrogens is 442 g/mol. The SMILES string of the molecule is CC(=O)c1ccc(N2C(=O)C[C@H](N3CCN(S(=O)(=O)c4ccc(C)cc4C)CC3)C2=O)cc1. The molecule has 8 nitrogen and oxygen atoms in total. The molecule has 0 saturated carbocycles. The quantitative estimate of drug-likeness (QED) is 0.492. The molecule has 174 valence electrons. The van der Waals surface area contributed by atoms with Gasteiger partial charge in [-0.1, -0.05) is 17.7 Å². The number of nitrogens with zero attached hydrogens (tertiary/aromatic N) is 3. The molecule has 2 saturated heterocycles. The zero-order valence-electron chi connectivity index (χ0n) is 18.9. The molecule has 2 amide bonds. The van der Waals surface area contributed by atoms with E-state index in [1.165, 1.54) is 11.2 Å². The number of benzene rings is 2. The molecule has 0 spiro atoms. The van der Waals surface area contributed by atoms with Crippen LogP contribution in [-0.2, 0) is 19.6 Å². The molecule has 2 aliphatic heterocycles. The first-order valence-corrected chi connectivity index (χ1v) is 12.3. The van der Waals surface area contributed by atoms with Gasteiger partial charge in [-0.2, -0.15) is 4.31 Å². The first kappa shape index (κ1) is 23.3. The molecular formula is C24H27N3O5S. The molecule has 0 radical (unpaired) electrons. The van der Waals surface area contributed by atoms with E-state index in [2.05, 4.69) is 0 Å². The summed E-state index contributed by atoms with van der Waals surface area (Å²) in [6, 6.07) is 11.1. The van der Waals surface area contributed by atoms with Gasteiger partial charge in [0.05, 0.1) is 23.0 Å². The van der Waals surface area contributed by atoms with Gasteiger partial charge >= 0.3 is 0 Å². The van der Waals surface area contributed by atoms with E-state index in [0.29, 0.717) is 34.8 Å². The maximum Gasteiger partial charge on any atom is 0.251 e. The Morgan fingerprint density at radius 2 is 1.58 bits per heavy atom. The summed E-state index contributed by atoms with van der Waals surface area (Å²) in [7, 11) is -3.63. The number of Topliss-reactive ketones (excluding diaryl/α,β-unsaturated/α-hetero) is 1. The van der Waals surface area contributed by atoms with E-state index < -0.39 is 16.1 Å². The summed E-state index contributed by atoms with van der Waals surface area (Å²) in [5.74, 6) is -0.709. The number of aryl methyl sites for hydroxylation is 2. The van der Waals surface area contributed by atoms with E-state index in [9.17, 15) is 22.8 Å². The Bertz CT molecular complexity index is 1220. The van der Waals surface area contributed by atoms with Crippen LogP contribution < -0.4 is 4.90 Å². The highest BCUT2D eigenvalue weighted by atomic mass is 32.2. The third kappa shape index (κ3) is 4.36. The number of sulfonamides is 1. The molecule has 0 unspecified atom stereocenters. The molecule has 2 fully saturated rings. The van der Waals surface area contributed by atoms with Gasteiger partial charge in [0.1, 0.15) is 0 Å². The summed E-state index contributed by atoms with van der Waals surface area (Å²) in [6.07, 6.45) is 0.0527. The monoisotopic (exact) mass is 469 g/mol. The highest BCUT2D eigenvalue weighted by molar-refractivity contribution is 7.89. The second-order valence-corrected chi connectivity index (χ2v) is 10.5. The number of rotatable bonds is 5. The lowest BCUT2D eigenvalue weighted by molar-refractivity contribution is -0.123. The van der Waals surface area contributed by atoms with Crippen LogP contribution in [0.3, 0.4) is 0 Å². The predicted octanol–water partition coefficient (Wildman–Crippen LogP) is 2.14. The third-order valence-electron chi connectivity index (χ3n) is 6.32. The summed E-state index contributed by atoms with van der Waals surface area (Å²) in [5, 5.41) is 0. The smallest absolute Gasteiger partial charge is 0.251 e. The number of carbonyl (C=O) groups excluding carboxylic acids is 3. The van der Waals surface area contributed by atoms with Gasteiger partial charge in [0.15, 0.2) is 5.78 Å². The van der Waals surface area contributed by atoms with Crippen molar-refractivity contribution in [2.75, 3.05) is 31.1 Å². The number of piperazine rings is 1. The topological polar surface area (TPSA) is 95.1 Å². The van der Waals surface area contributed by atoms with Gasteiger partial charge in [-0.15, -0.1) is 0 Å². The fourth-order valence-corrected chi connectivity index (χ4v) is 6.13. The summed E-state index contributed by atoms with van der Waals surface area (Å²) in [4.78, 5) is 40.5. The van der Waals surface area contributed by atoms with E-state index >= 15 is 0 Å². The van der Waals surface area contributed by atoms with Crippen LogP contribution in [0.1, 0.15) is 34.8 Å². The molecule has 0 N–H and O–H groups in total. The maximum atomic E-state index is 13.1. The van der Waals surface area contributed by atoms with Crippen molar-refractivity contribution in [1.82, 2.24) is 9.21 Å². The summed E-state index contributed by atoms with van der Waals surface area (Å²) < 4.78 is 27.7. The number of anilines is 1. The van der Waals surface area contributed by atoms with Gasteiger partial charge in [0.25, 0.3) is 5.91 Å². The Balaban J connectivity index is 1.45. The number of imide groups is 1. The fourth-order valence-electron chi connectivity index (χ4n) is 4.50. The molecule has 9 heteroatoms. The van der Waals surface area contributed by atoms with Crippen molar-refractivity contribution in [3.63, 3.8) is 0 Å². The fraction of sp³-hybridized carbons (Fsp3) is 0.375. The Morgan fingerprint density at radius 3 is 2.15 bits per heavy atom. The van der Waals surface area contributed by atoms with Crippen LogP contribution in [0, 0.1) is 13.8 Å². The van der Waals surface area contributed by atoms with Gasteiger partial charge in [-0.3, -0.25) is 19.3 Å². The van der Waals surface area contributed by atoms with E-state index in [1.54, 1.807) is 43.3 Å². The molecule has 2 aromatic carbocycles. The van der Waals surface area contributed by atoms with Gasteiger partial charge in [0, 0.05) is 31.7 Å². The summed E-state index contributed by atoms with van der Waals surface area (Å²) in [6.45, 7) is 6.40. The minimum atomic E-state index is -3.63. The molecule has 1 atom stereocenters. The largest absolute Gasteiger partial charge is 0.295 e. The molecule has 0 aromatic heterocycles. The molecule has 0 aliphatic carbocycles. The minimum absolute atomic E-state index is 0.0527. The molecule has 2 heterocycles. The molecule has 0 bridgehead atoms. The van der Waals surface area contributed by atoms with Gasteiger partial charge in [-0.25, -0.2) is 13.3 Å². The van der Waals surface area contributed by atoms with Crippen LogP contribution in [0.25, 0.3) is 0 Å². The highest BCUT2D eigenvalue weighted by Crippen LogP contribution is 2.28. The van der Waals surface area contributed by atoms with Crippen LogP contribution in [0.15, 0.2) is 47.4 Å². The Labute approximate surface area is 193 Å². The van der Waals surface area contributed by atoms with Crippen molar-refractivity contribution in [2.24, 2.45) is 0 Å². The number of hydrogen-bond acceptors (Lipinski definition) is 6.